The van der Waals surface area contributed by atoms with Gasteiger partial charge in [-0.2, -0.15) is 0 Å². The Morgan fingerprint density at radius 3 is 2.08 bits per heavy atom. The summed E-state index contributed by atoms with van der Waals surface area (Å²) in [6.45, 7) is 0. The number of carbonyl (C=O) groups is 2. The number of anilines is 1. The van der Waals surface area contributed by atoms with Crippen molar-refractivity contribution in [2.45, 2.75) is 0 Å². The van der Waals surface area contributed by atoms with Crippen molar-refractivity contribution in [1.82, 2.24) is 0 Å². The maximum absolute atomic E-state index is 12.2. The molecule has 3 aromatic rings. The highest BCUT2D eigenvalue weighted by Crippen LogP contribution is 2.14. The zero-order valence-electron chi connectivity index (χ0n) is 13.9. The van der Waals surface area contributed by atoms with Crippen molar-refractivity contribution < 1.29 is 9.59 Å². The van der Waals surface area contributed by atoms with Gasteiger partial charge in [-0.15, -0.1) is 0 Å². The van der Waals surface area contributed by atoms with E-state index >= 15 is 0 Å². The Labute approximate surface area is 156 Å². The molecule has 0 radical (unpaired) electrons. The molecule has 0 bridgehead atoms. The molecule has 0 unspecified atom stereocenters. The Hall–Kier alpha value is -3.17. The molecular formula is C22H16ClNO2. The second-order valence-electron chi connectivity index (χ2n) is 5.65. The predicted molar refractivity (Wildman–Crippen MR) is 106 cm³/mol. The number of benzene rings is 3. The Kier molecular flexibility index (Phi) is 5.62. The monoisotopic (exact) mass is 361 g/mol. The molecule has 1 N–H and O–H groups in total. The number of halogens is 1. The highest BCUT2D eigenvalue weighted by atomic mass is 35.5. The number of amides is 1. The van der Waals surface area contributed by atoms with E-state index in [2.05, 4.69) is 5.32 Å². The third-order valence-corrected chi connectivity index (χ3v) is 4.01. The van der Waals surface area contributed by atoms with Gasteiger partial charge in [-0.25, -0.2) is 0 Å². The molecule has 0 fully saturated rings. The van der Waals surface area contributed by atoms with E-state index in [9.17, 15) is 9.59 Å². The highest BCUT2D eigenvalue weighted by Gasteiger charge is 2.06. The van der Waals surface area contributed by atoms with Crippen LogP contribution in [-0.4, -0.2) is 11.7 Å². The number of rotatable bonds is 5. The van der Waals surface area contributed by atoms with Gasteiger partial charge in [0.15, 0.2) is 5.78 Å². The smallest absolute Gasteiger partial charge is 0.255 e. The molecule has 0 spiro atoms. The standard InChI is InChI=1S/C22H16ClNO2/c23-19-11-6-16(7-12-19)8-15-21(25)17-9-13-20(14-10-17)24-22(26)18-4-2-1-3-5-18/h1-15H,(H,24,26). The van der Waals surface area contributed by atoms with Crippen molar-refractivity contribution in [3.63, 3.8) is 0 Å². The van der Waals surface area contributed by atoms with Gasteiger partial charge < -0.3 is 5.32 Å². The lowest BCUT2D eigenvalue weighted by Gasteiger charge is -2.05. The van der Waals surface area contributed by atoms with Crippen LogP contribution in [0.4, 0.5) is 5.69 Å². The Morgan fingerprint density at radius 2 is 1.42 bits per heavy atom. The van der Waals surface area contributed by atoms with E-state index in [4.69, 9.17) is 11.6 Å². The van der Waals surface area contributed by atoms with Crippen molar-refractivity contribution in [2.75, 3.05) is 5.32 Å². The minimum atomic E-state index is -0.188. The maximum atomic E-state index is 12.2. The second-order valence-corrected chi connectivity index (χ2v) is 6.08. The molecule has 0 aromatic heterocycles. The summed E-state index contributed by atoms with van der Waals surface area (Å²) in [6, 6.07) is 23.0. The van der Waals surface area contributed by atoms with Crippen molar-refractivity contribution in [1.29, 1.82) is 0 Å². The zero-order chi connectivity index (χ0) is 18.4. The van der Waals surface area contributed by atoms with Crippen molar-refractivity contribution in [3.8, 4) is 0 Å². The van der Waals surface area contributed by atoms with Crippen LogP contribution in [0.15, 0.2) is 84.9 Å². The minimum Gasteiger partial charge on any atom is -0.322 e. The van der Waals surface area contributed by atoms with Crippen LogP contribution in [0.1, 0.15) is 26.3 Å². The fourth-order valence-electron chi connectivity index (χ4n) is 2.35. The van der Waals surface area contributed by atoms with E-state index in [0.29, 0.717) is 21.8 Å². The first-order valence-electron chi connectivity index (χ1n) is 8.06. The lowest BCUT2D eigenvalue weighted by atomic mass is 10.1. The average Bonchev–Trinajstić information content (AvgIpc) is 2.68. The molecule has 0 aliphatic rings. The van der Waals surface area contributed by atoms with Crippen LogP contribution in [0, 0.1) is 0 Å². The largest absolute Gasteiger partial charge is 0.322 e. The van der Waals surface area contributed by atoms with Crippen LogP contribution in [0.3, 0.4) is 0 Å². The van der Waals surface area contributed by atoms with E-state index < -0.39 is 0 Å². The molecule has 1 amide bonds. The zero-order valence-corrected chi connectivity index (χ0v) is 14.6. The summed E-state index contributed by atoms with van der Waals surface area (Å²) >= 11 is 5.84. The minimum absolute atomic E-state index is 0.110. The normalized spacial score (nSPS) is 10.7. The summed E-state index contributed by atoms with van der Waals surface area (Å²) in [5, 5.41) is 3.46. The van der Waals surface area contributed by atoms with Crippen LogP contribution in [0.2, 0.25) is 5.02 Å². The first kappa shape index (κ1) is 17.6. The molecule has 26 heavy (non-hydrogen) atoms. The molecule has 4 heteroatoms. The first-order valence-corrected chi connectivity index (χ1v) is 8.44. The van der Waals surface area contributed by atoms with Gasteiger partial charge in [0, 0.05) is 21.8 Å². The number of hydrogen-bond donors (Lipinski definition) is 1. The summed E-state index contributed by atoms with van der Waals surface area (Å²) < 4.78 is 0. The topological polar surface area (TPSA) is 46.2 Å². The summed E-state index contributed by atoms with van der Waals surface area (Å²) in [5.74, 6) is -0.298. The van der Waals surface area contributed by atoms with Gasteiger partial charge in [-0.3, -0.25) is 9.59 Å². The number of nitrogens with one attached hydrogen (secondary N) is 1. The van der Waals surface area contributed by atoms with E-state index in [1.807, 2.05) is 30.3 Å². The molecule has 3 rings (SSSR count). The van der Waals surface area contributed by atoms with Crippen molar-refractivity contribution in [2.24, 2.45) is 0 Å². The SMILES string of the molecule is O=C(C=Cc1ccc(Cl)cc1)c1ccc(NC(=O)c2ccccc2)cc1. The molecule has 3 aromatic carbocycles. The number of hydrogen-bond acceptors (Lipinski definition) is 2. The average molecular weight is 362 g/mol. The molecular weight excluding hydrogens is 346 g/mol. The predicted octanol–water partition coefficient (Wildman–Crippen LogP) is 5.49. The molecule has 0 saturated carbocycles. The van der Waals surface area contributed by atoms with Crippen LogP contribution in [0.5, 0.6) is 0 Å². The molecule has 0 aliphatic heterocycles. The lowest BCUT2D eigenvalue weighted by Crippen LogP contribution is -2.11. The van der Waals surface area contributed by atoms with E-state index in [1.165, 1.54) is 6.08 Å². The molecule has 0 atom stereocenters. The van der Waals surface area contributed by atoms with Crippen molar-refractivity contribution in [3.05, 3.63) is 107 Å². The summed E-state index contributed by atoms with van der Waals surface area (Å²) in [7, 11) is 0. The summed E-state index contributed by atoms with van der Waals surface area (Å²) in [5.41, 5.74) is 2.66. The Balaban J connectivity index is 1.64. The van der Waals surface area contributed by atoms with Crippen LogP contribution in [-0.2, 0) is 0 Å². The van der Waals surface area contributed by atoms with Gasteiger partial charge in [-0.1, -0.05) is 48.0 Å². The van der Waals surface area contributed by atoms with Crippen LogP contribution < -0.4 is 5.32 Å². The molecule has 3 nitrogen and oxygen atoms in total. The Morgan fingerprint density at radius 1 is 0.769 bits per heavy atom. The van der Waals surface area contributed by atoms with Crippen molar-refractivity contribution >= 4 is 35.1 Å². The molecule has 128 valence electrons. The van der Waals surface area contributed by atoms with E-state index in [0.717, 1.165) is 5.56 Å². The molecule has 0 saturated heterocycles. The lowest BCUT2D eigenvalue weighted by molar-refractivity contribution is 0.102. The first-order chi connectivity index (χ1) is 12.6. The second kappa shape index (κ2) is 8.28. The molecule has 0 heterocycles. The van der Waals surface area contributed by atoms with Gasteiger partial charge in [0.05, 0.1) is 0 Å². The van der Waals surface area contributed by atoms with Gasteiger partial charge >= 0.3 is 0 Å². The Bertz CT molecular complexity index is 930. The summed E-state index contributed by atoms with van der Waals surface area (Å²) in [4.78, 5) is 24.4. The maximum Gasteiger partial charge on any atom is 0.255 e. The fourth-order valence-corrected chi connectivity index (χ4v) is 2.48. The van der Waals surface area contributed by atoms with Gasteiger partial charge in [0.2, 0.25) is 0 Å². The van der Waals surface area contributed by atoms with Crippen LogP contribution in [0.25, 0.3) is 6.08 Å². The fraction of sp³-hybridized carbons (Fsp3) is 0. The highest BCUT2D eigenvalue weighted by molar-refractivity contribution is 6.30. The van der Waals surface area contributed by atoms with E-state index in [1.54, 1.807) is 54.6 Å². The summed E-state index contributed by atoms with van der Waals surface area (Å²) in [6.07, 6.45) is 3.25. The third-order valence-electron chi connectivity index (χ3n) is 3.76. The quantitative estimate of drug-likeness (QED) is 0.482. The number of allylic oxidation sites excluding steroid dienone is 1. The third kappa shape index (κ3) is 4.68. The van der Waals surface area contributed by atoms with Gasteiger partial charge in [0.1, 0.15) is 0 Å². The molecule has 0 aliphatic carbocycles. The van der Waals surface area contributed by atoms with E-state index in [-0.39, 0.29) is 11.7 Å². The van der Waals surface area contributed by atoms with Gasteiger partial charge in [0.25, 0.3) is 5.91 Å². The van der Waals surface area contributed by atoms with Gasteiger partial charge in [-0.05, 0) is 60.2 Å². The number of ketones is 1. The number of carbonyl (C=O) groups excluding carboxylic acids is 2. The van der Waals surface area contributed by atoms with Crippen LogP contribution >= 0.6 is 11.6 Å².